The lowest BCUT2D eigenvalue weighted by Crippen LogP contribution is -2.37. The molecule has 0 radical (unpaired) electrons. The quantitative estimate of drug-likeness (QED) is 0.174. The Labute approximate surface area is 272 Å². The number of nitrogens with zero attached hydrogens (tertiary/aromatic N) is 3. The van der Waals surface area contributed by atoms with Gasteiger partial charge < -0.3 is 9.13 Å². The molecular weight excluding hydrogens is 591 g/mol. The molecule has 0 aliphatic carbocycles. The van der Waals surface area contributed by atoms with Crippen LogP contribution in [0.4, 0.5) is 0 Å². The highest BCUT2D eigenvalue weighted by Crippen LogP contribution is 2.37. The zero-order chi connectivity index (χ0) is 31.8. The molecule has 8 aromatic rings. The van der Waals surface area contributed by atoms with Crippen molar-refractivity contribution in [3.8, 4) is 22.5 Å². The molecule has 0 aliphatic rings. The molecule has 0 aliphatic heterocycles. The molecule has 0 spiro atoms. The van der Waals surface area contributed by atoms with Crippen LogP contribution in [-0.2, 0) is 0 Å². The number of aromatic nitrogens is 3. The zero-order valence-electron chi connectivity index (χ0n) is 27.5. The van der Waals surface area contributed by atoms with Gasteiger partial charge in [0.2, 0.25) is 0 Å². The highest BCUT2D eigenvalue weighted by Gasteiger charge is 2.22. The maximum Gasteiger partial charge on any atom is 0.0776 e. The van der Waals surface area contributed by atoms with Crippen molar-refractivity contribution in [3.63, 3.8) is 0 Å². The predicted octanol–water partition coefficient (Wildman–Crippen LogP) is 10.0. The lowest BCUT2D eigenvalue weighted by molar-refractivity contribution is 1.13. The minimum absolute atomic E-state index is 1.11. The summed E-state index contributed by atoms with van der Waals surface area (Å²) in [6, 6.07) is 43.3. The number of pyridine rings is 1. The van der Waals surface area contributed by atoms with Crippen LogP contribution in [0.25, 0.3) is 66.1 Å². The summed E-state index contributed by atoms with van der Waals surface area (Å²) in [7, 11) is -2.98. The number of hydrogen-bond donors (Lipinski definition) is 0. The van der Waals surface area contributed by atoms with Crippen molar-refractivity contribution in [2.45, 2.75) is 39.3 Å². The first-order valence-electron chi connectivity index (χ1n) is 16.2. The van der Waals surface area contributed by atoms with Crippen LogP contribution < -0.4 is 10.4 Å². The van der Waals surface area contributed by atoms with Gasteiger partial charge in [0.1, 0.15) is 0 Å². The average Bonchev–Trinajstić information content (AvgIpc) is 3.56. The third-order valence-corrected chi connectivity index (χ3v) is 13.6. The van der Waals surface area contributed by atoms with Crippen molar-refractivity contribution in [3.05, 3.63) is 128 Å². The molecule has 0 fully saturated rings. The van der Waals surface area contributed by atoms with Crippen LogP contribution in [0, 0.1) is 0 Å². The minimum atomic E-state index is -1.49. The number of rotatable bonds is 5. The summed E-state index contributed by atoms with van der Waals surface area (Å²) in [4.78, 5) is 4.51. The first-order chi connectivity index (χ1) is 22.1. The fourth-order valence-electron chi connectivity index (χ4n) is 6.99. The Morgan fingerprint density at radius 3 is 1.37 bits per heavy atom. The Bertz CT molecular complexity index is 2290. The van der Waals surface area contributed by atoms with Crippen LogP contribution in [0.1, 0.15) is 0 Å². The van der Waals surface area contributed by atoms with Gasteiger partial charge in [0.05, 0.1) is 38.2 Å². The van der Waals surface area contributed by atoms with Gasteiger partial charge in [-0.25, -0.2) is 0 Å². The van der Waals surface area contributed by atoms with E-state index in [2.05, 4.69) is 163 Å². The van der Waals surface area contributed by atoms with Gasteiger partial charge in [-0.3, -0.25) is 4.98 Å². The molecule has 5 heteroatoms. The van der Waals surface area contributed by atoms with Gasteiger partial charge in [-0.05, 0) is 54.1 Å². The van der Waals surface area contributed by atoms with Gasteiger partial charge in [-0.1, -0.05) is 116 Å². The number of benzene rings is 5. The summed E-state index contributed by atoms with van der Waals surface area (Å²) in [5.41, 5.74) is 9.46. The number of hydrogen-bond acceptors (Lipinski definition) is 1. The van der Waals surface area contributed by atoms with Crippen LogP contribution in [0.5, 0.6) is 0 Å². The van der Waals surface area contributed by atoms with Crippen LogP contribution in [0.15, 0.2) is 128 Å². The average molecular weight is 630 g/mol. The summed E-state index contributed by atoms with van der Waals surface area (Å²) in [6.45, 7) is 14.6. The summed E-state index contributed by atoms with van der Waals surface area (Å²) < 4.78 is 4.92. The smallest absolute Gasteiger partial charge is 0.0776 e. The van der Waals surface area contributed by atoms with Crippen LogP contribution in [0.3, 0.4) is 0 Å². The molecule has 0 saturated heterocycles. The van der Waals surface area contributed by atoms with E-state index in [9.17, 15) is 0 Å². The number of para-hydroxylation sites is 2. The van der Waals surface area contributed by atoms with E-state index in [0.717, 1.165) is 22.5 Å². The van der Waals surface area contributed by atoms with E-state index in [-0.39, 0.29) is 0 Å². The van der Waals surface area contributed by atoms with E-state index in [1.165, 1.54) is 54.0 Å². The molecule has 46 heavy (non-hydrogen) atoms. The first-order valence-corrected chi connectivity index (χ1v) is 23.2. The predicted molar refractivity (Wildman–Crippen MR) is 204 cm³/mol. The Kier molecular flexibility index (Phi) is 6.50. The van der Waals surface area contributed by atoms with Crippen molar-refractivity contribution in [1.29, 1.82) is 0 Å². The van der Waals surface area contributed by atoms with E-state index < -0.39 is 16.1 Å². The lowest BCUT2D eigenvalue weighted by atomic mass is 10.1. The second kappa shape index (κ2) is 10.4. The summed E-state index contributed by atoms with van der Waals surface area (Å²) in [6.07, 6.45) is 3.82. The normalized spacial score (nSPS) is 12.6. The highest BCUT2D eigenvalue weighted by molar-refractivity contribution is 6.89. The second-order valence-electron chi connectivity index (χ2n) is 14.6. The minimum Gasteiger partial charge on any atom is -0.309 e. The van der Waals surface area contributed by atoms with Crippen LogP contribution in [0.2, 0.25) is 39.3 Å². The Hall–Kier alpha value is -4.72. The Balaban J connectivity index is 1.46. The lowest BCUT2D eigenvalue weighted by Gasteiger charge is -2.18. The van der Waals surface area contributed by atoms with Gasteiger partial charge >= 0.3 is 0 Å². The van der Waals surface area contributed by atoms with E-state index >= 15 is 0 Å². The van der Waals surface area contributed by atoms with Crippen molar-refractivity contribution >= 4 is 70.1 Å². The van der Waals surface area contributed by atoms with Crippen molar-refractivity contribution < 1.29 is 0 Å². The molecule has 0 bridgehead atoms. The third-order valence-electron chi connectivity index (χ3n) is 9.49. The molecule has 0 unspecified atom stereocenters. The molecule has 226 valence electrons. The Morgan fingerprint density at radius 1 is 0.435 bits per heavy atom. The monoisotopic (exact) mass is 629 g/mol. The third kappa shape index (κ3) is 4.65. The van der Waals surface area contributed by atoms with Crippen molar-refractivity contribution in [2.24, 2.45) is 0 Å². The molecular formula is C41H39N3Si2. The highest BCUT2D eigenvalue weighted by atomic mass is 28.3. The van der Waals surface area contributed by atoms with E-state index in [0.29, 0.717) is 0 Å². The molecule has 0 amide bonds. The maximum absolute atomic E-state index is 4.51. The van der Waals surface area contributed by atoms with Crippen LogP contribution in [-0.4, -0.2) is 30.3 Å². The molecule has 3 nitrogen and oxygen atoms in total. The maximum atomic E-state index is 4.51. The van der Waals surface area contributed by atoms with Gasteiger partial charge in [0.25, 0.3) is 0 Å². The molecule has 8 rings (SSSR count). The fourth-order valence-corrected chi connectivity index (χ4v) is 9.31. The van der Waals surface area contributed by atoms with Gasteiger partial charge in [-0.2, -0.15) is 0 Å². The first kappa shape index (κ1) is 28.7. The second-order valence-corrected chi connectivity index (χ2v) is 24.8. The summed E-state index contributed by atoms with van der Waals surface area (Å²) in [5.74, 6) is 0. The SMILES string of the molecule is C[Si](C)(C)c1ccc2c(c1)c1ccccc1n2-c1cc(-c2cccnc2)cc(-n2c3ccccc3c3cc([Si](C)(C)C)ccc32)c1. The van der Waals surface area contributed by atoms with E-state index in [4.69, 9.17) is 0 Å². The summed E-state index contributed by atoms with van der Waals surface area (Å²) in [5, 5.41) is 8.19. The molecule has 0 saturated carbocycles. The molecule has 0 N–H and O–H groups in total. The zero-order valence-corrected chi connectivity index (χ0v) is 29.5. The van der Waals surface area contributed by atoms with Crippen molar-refractivity contribution in [2.75, 3.05) is 0 Å². The van der Waals surface area contributed by atoms with E-state index in [1.807, 2.05) is 18.5 Å². The van der Waals surface area contributed by atoms with Gasteiger partial charge in [-0.15, -0.1) is 0 Å². The Morgan fingerprint density at radius 2 is 0.913 bits per heavy atom. The van der Waals surface area contributed by atoms with Gasteiger partial charge in [0.15, 0.2) is 0 Å². The number of fused-ring (bicyclic) bond motifs is 6. The molecule has 0 atom stereocenters. The molecule has 5 aromatic carbocycles. The van der Waals surface area contributed by atoms with Crippen LogP contribution >= 0.6 is 0 Å². The van der Waals surface area contributed by atoms with E-state index in [1.54, 1.807) is 0 Å². The molecule has 3 aromatic heterocycles. The van der Waals surface area contributed by atoms with Crippen molar-refractivity contribution in [1.82, 2.24) is 14.1 Å². The largest absolute Gasteiger partial charge is 0.309 e. The topological polar surface area (TPSA) is 22.8 Å². The van der Waals surface area contributed by atoms with Gasteiger partial charge in [0, 0.05) is 50.9 Å². The summed E-state index contributed by atoms with van der Waals surface area (Å²) >= 11 is 0. The molecule has 3 heterocycles. The fraction of sp³-hybridized carbons (Fsp3) is 0.146. The standard InChI is InChI=1S/C41H39N3Si2/c1-45(2,3)32-17-19-40-36(25-32)34-13-7-9-15-38(34)43(40)30-22-29(28-12-11-21-42-27-28)23-31(24-30)44-39-16-10-8-14-35(39)37-26-33(46(4,5)6)18-20-41(37)44/h7-27H,1-6H3.